The number of hydrogen-bond acceptors (Lipinski definition) is 2. The summed E-state index contributed by atoms with van der Waals surface area (Å²) in [6.45, 7) is 2.03. The van der Waals surface area contributed by atoms with E-state index < -0.39 is 0 Å². The van der Waals surface area contributed by atoms with Crippen molar-refractivity contribution in [2.45, 2.75) is 13.3 Å². The van der Waals surface area contributed by atoms with Gasteiger partial charge in [-0.05, 0) is 30.2 Å². The Morgan fingerprint density at radius 2 is 2.05 bits per heavy atom. The van der Waals surface area contributed by atoms with Gasteiger partial charge in [0.15, 0.2) is 0 Å². The van der Waals surface area contributed by atoms with Crippen LogP contribution < -0.4 is 5.32 Å². The van der Waals surface area contributed by atoms with Gasteiger partial charge >= 0.3 is 0 Å². The van der Waals surface area contributed by atoms with Crippen LogP contribution in [0.3, 0.4) is 0 Å². The average Bonchev–Trinajstić information content (AvgIpc) is 2.91. The van der Waals surface area contributed by atoms with Crippen LogP contribution in [0.1, 0.15) is 23.0 Å². The van der Waals surface area contributed by atoms with Crippen LogP contribution in [0.5, 0.6) is 0 Å². The maximum absolute atomic E-state index is 13.1. The van der Waals surface area contributed by atoms with Gasteiger partial charge in [-0.2, -0.15) is 0 Å². The van der Waals surface area contributed by atoms with E-state index in [2.05, 4.69) is 10.3 Å². The van der Waals surface area contributed by atoms with E-state index in [1.165, 1.54) is 28.9 Å². The van der Waals surface area contributed by atoms with Gasteiger partial charge in [0.1, 0.15) is 17.2 Å². The first-order valence-corrected chi connectivity index (χ1v) is 6.71. The number of halogens is 1. The molecule has 5 heteroatoms. The molecule has 21 heavy (non-hydrogen) atoms. The number of carbonyl (C=O) groups excluding carboxylic acids is 1. The molecular weight excluding hydrogens is 269 g/mol. The highest BCUT2D eigenvalue weighted by atomic mass is 19.1. The van der Waals surface area contributed by atoms with Crippen molar-refractivity contribution >= 4 is 17.2 Å². The normalized spacial score (nSPS) is 10.8. The van der Waals surface area contributed by atoms with Crippen LogP contribution in [-0.4, -0.2) is 15.3 Å². The van der Waals surface area contributed by atoms with Gasteiger partial charge < -0.3 is 9.72 Å². The summed E-state index contributed by atoms with van der Waals surface area (Å²) >= 11 is 0. The van der Waals surface area contributed by atoms with E-state index in [0.717, 1.165) is 17.7 Å². The van der Waals surface area contributed by atoms with Crippen molar-refractivity contribution < 1.29 is 9.18 Å². The number of rotatable bonds is 3. The molecule has 0 radical (unpaired) electrons. The molecule has 2 aromatic heterocycles. The highest BCUT2D eigenvalue weighted by Crippen LogP contribution is 2.17. The van der Waals surface area contributed by atoms with Gasteiger partial charge in [-0.25, -0.2) is 9.37 Å². The minimum atomic E-state index is -0.372. The van der Waals surface area contributed by atoms with Gasteiger partial charge in [-0.15, -0.1) is 0 Å². The van der Waals surface area contributed by atoms with Gasteiger partial charge in [0.25, 0.3) is 5.91 Å². The fraction of sp³-hybridized carbons (Fsp3) is 0.125. The number of pyridine rings is 1. The zero-order chi connectivity index (χ0) is 14.8. The molecule has 0 unspecified atom stereocenters. The van der Waals surface area contributed by atoms with Crippen molar-refractivity contribution in [2.75, 3.05) is 5.32 Å². The molecule has 1 aromatic carbocycles. The van der Waals surface area contributed by atoms with Crippen molar-refractivity contribution in [3.8, 4) is 0 Å². The lowest BCUT2D eigenvalue weighted by Crippen LogP contribution is -2.13. The van der Waals surface area contributed by atoms with E-state index >= 15 is 0 Å². The summed E-state index contributed by atoms with van der Waals surface area (Å²) in [5.74, 6) is -0.678. The fourth-order valence-electron chi connectivity index (χ4n) is 2.21. The first-order valence-electron chi connectivity index (χ1n) is 6.71. The van der Waals surface area contributed by atoms with Crippen LogP contribution in [0, 0.1) is 5.82 Å². The summed E-state index contributed by atoms with van der Waals surface area (Å²) in [7, 11) is 0. The highest BCUT2D eigenvalue weighted by molar-refractivity contribution is 6.03. The van der Waals surface area contributed by atoms with Gasteiger partial charge in [-0.1, -0.05) is 25.1 Å². The lowest BCUT2D eigenvalue weighted by molar-refractivity contribution is 0.102. The molecule has 4 nitrogen and oxygen atoms in total. The van der Waals surface area contributed by atoms with Crippen molar-refractivity contribution in [3.05, 3.63) is 65.9 Å². The van der Waals surface area contributed by atoms with E-state index in [-0.39, 0.29) is 17.4 Å². The molecular formula is C16H14FN3O. The van der Waals surface area contributed by atoms with Gasteiger partial charge in [0, 0.05) is 18.1 Å². The number of benzene rings is 1. The molecule has 0 saturated heterocycles. The Morgan fingerprint density at radius 1 is 1.24 bits per heavy atom. The topological polar surface area (TPSA) is 46.4 Å². The fourth-order valence-corrected chi connectivity index (χ4v) is 2.21. The van der Waals surface area contributed by atoms with Crippen LogP contribution in [0.2, 0.25) is 0 Å². The monoisotopic (exact) mass is 283 g/mol. The predicted molar refractivity (Wildman–Crippen MR) is 78.9 cm³/mol. The molecule has 2 heterocycles. The third kappa shape index (κ3) is 2.63. The Hall–Kier alpha value is -2.69. The van der Waals surface area contributed by atoms with Gasteiger partial charge in [0.2, 0.25) is 0 Å². The number of amides is 1. The second-order valence-electron chi connectivity index (χ2n) is 4.70. The zero-order valence-electron chi connectivity index (χ0n) is 11.5. The van der Waals surface area contributed by atoms with Crippen molar-refractivity contribution in [1.29, 1.82) is 0 Å². The van der Waals surface area contributed by atoms with E-state index in [9.17, 15) is 9.18 Å². The third-order valence-corrected chi connectivity index (χ3v) is 3.29. The minimum Gasteiger partial charge on any atom is -0.320 e. The molecule has 0 aliphatic heterocycles. The lowest BCUT2D eigenvalue weighted by Gasteiger charge is -2.07. The summed E-state index contributed by atoms with van der Waals surface area (Å²) in [5, 5.41) is 2.84. The molecule has 1 amide bonds. The minimum absolute atomic E-state index is 0.256. The third-order valence-electron chi connectivity index (χ3n) is 3.29. The summed E-state index contributed by atoms with van der Waals surface area (Å²) < 4.78 is 14.6. The largest absolute Gasteiger partial charge is 0.320 e. The molecule has 0 fully saturated rings. The summed E-state index contributed by atoms with van der Waals surface area (Å²) in [6, 6.07) is 10.5. The number of hydrogen-bond donors (Lipinski definition) is 1. The number of carbonyl (C=O) groups is 1. The van der Waals surface area contributed by atoms with Gasteiger partial charge in [-0.3, -0.25) is 4.79 Å². The summed E-state index contributed by atoms with van der Waals surface area (Å²) in [6.07, 6.45) is 3.63. The molecule has 0 saturated carbocycles. The highest BCUT2D eigenvalue weighted by Gasteiger charge is 2.12. The van der Waals surface area contributed by atoms with E-state index in [0.29, 0.717) is 5.65 Å². The number of nitrogens with zero attached hydrogens (tertiary/aromatic N) is 2. The Morgan fingerprint density at radius 3 is 2.86 bits per heavy atom. The quantitative estimate of drug-likeness (QED) is 0.801. The van der Waals surface area contributed by atoms with Crippen LogP contribution >= 0.6 is 0 Å². The van der Waals surface area contributed by atoms with E-state index in [1.807, 2.05) is 31.2 Å². The van der Waals surface area contributed by atoms with Crippen LogP contribution in [0.15, 0.2) is 48.8 Å². The van der Waals surface area contributed by atoms with Gasteiger partial charge in [0.05, 0.1) is 0 Å². The predicted octanol–water partition coefficient (Wildman–Crippen LogP) is 3.29. The second-order valence-corrected chi connectivity index (χ2v) is 4.70. The number of nitrogens with one attached hydrogen (secondary N) is 1. The molecule has 0 aliphatic carbocycles. The first kappa shape index (κ1) is 13.3. The van der Waals surface area contributed by atoms with Crippen molar-refractivity contribution in [3.63, 3.8) is 0 Å². The standard InChI is InChI=1S/C16H14FN3O/c1-2-11-5-3-4-6-13(11)19-16(21)14-10-20-9-12(17)7-8-15(20)18-14/h3-10H,2H2,1H3,(H,19,21). The number of para-hydroxylation sites is 1. The average molecular weight is 283 g/mol. The lowest BCUT2D eigenvalue weighted by atomic mass is 10.1. The first-order chi connectivity index (χ1) is 10.2. The Kier molecular flexibility index (Phi) is 3.39. The molecule has 3 aromatic rings. The number of aryl methyl sites for hydroxylation is 1. The number of fused-ring (bicyclic) bond motifs is 1. The van der Waals surface area contributed by atoms with Crippen LogP contribution in [-0.2, 0) is 6.42 Å². The smallest absolute Gasteiger partial charge is 0.275 e. The Balaban J connectivity index is 1.90. The maximum Gasteiger partial charge on any atom is 0.275 e. The van der Waals surface area contributed by atoms with Crippen molar-refractivity contribution in [1.82, 2.24) is 9.38 Å². The maximum atomic E-state index is 13.1. The summed E-state index contributed by atoms with van der Waals surface area (Å²) in [5.41, 5.74) is 2.62. The molecule has 3 rings (SSSR count). The SMILES string of the molecule is CCc1ccccc1NC(=O)c1cn2cc(F)ccc2n1. The van der Waals surface area contributed by atoms with Crippen LogP contribution in [0.4, 0.5) is 10.1 Å². The molecule has 0 bridgehead atoms. The van der Waals surface area contributed by atoms with E-state index in [4.69, 9.17) is 0 Å². The van der Waals surface area contributed by atoms with Crippen LogP contribution in [0.25, 0.3) is 5.65 Å². The molecule has 0 spiro atoms. The summed E-state index contributed by atoms with van der Waals surface area (Å²) in [4.78, 5) is 16.4. The molecule has 106 valence electrons. The second kappa shape index (κ2) is 5.36. The Bertz CT molecular complexity index is 810. The molecule has 0 aliphatic rings. The zero-order valence-corrected chi connectivity index (χ0v) is 11.5. The van der Waals surface area contributed by atoms with Crippen molar-refractivity contribution in [2.24, 2.45) is 0 Å². The van der Waals surface area contributed by atoms with E-state index in [1.54, 1.807) is 0 Å². The molecule has 1 N–H and O–H groups in total. The molecule has 0 atom stereocenters. The number of imidazole rings is 1. The number of anilines is 1. The Labute approximate surface area is 121 Å². The number of aromatic nitrogens is 2.